The van der Waals surface area contributed by atoms with Crippen LogP contribution in [0.4, 0.5) is 0 Å². The lowest BCUT2D eigenvalue weighted by molar-refractivity contribution is -0.161. The zero-order valence-corrected chi connectivity index (χ0v) is 78.2. The van der Waals surface area contributed by atoms with Crippen LogP contribution in [-0.2, 0) is 65.4 Å². The van der Waals surface area contributed by atoms with Crippen LogP contribution in [0.2, 0.25) is 0 Å². The zero-order valence-electron chi connectivity index (χ0n) is 76.4. The fourth-order valence-corrected chi connectivity index (χ4v) is 16.6. The number of hydrogen-bond donors (Lipinski definition) is 3. The van der Waals surface area contributed by atoms with Crippen LogP contribution in [0.25, 0.3) is 0 Å². The largest absolute Gasteiger partial charge is 0.472 e. The summed E-state index contributed by atoms with van der Waals surface area (Å²) < 4.78 is 69.2. The lowest BCUT2D eigenvalue weighted by Gasteiger charge is -2.21. The fraction of sp³-hybridized carbons (Fsp3) is 0.958. The van der Waals surface area contributed by atoms with Gasteiger partial charge in [-0.05, 0) is 49.4 Å². The Bertz CT molecular complexity index is 2220. The third-order valence-electron chi connectivity index (χ3n) is 22.9. The number of ether oxygens (including phenoxy) is 4. The molecule has 115 heavy (non-hydrogen) atoms. The second-order valence-corrected chi connectivity index (χ2v) is 39.0. The Morgan fingerprint density at radius 2 is 0.417 bits per heavy atom. The van der Waals surface area contributed by atoms with Gasteiger partial charge in [-0.2, -0.15) is 0 Å². The van der Waals surface area contributed by atoms with E-state index in [1.54, 1.807) is 0 Å². The van der Waals surface area contributed by atoms with Crippen molar-refractivity contribution in [3.63, 3.8) is 0 Å². The van der Waals surface area contributed by atoms with E-state index in [2.05, 4.69) is 55.4 Å². The number of aliphatic hydroxyl groups excluding tert-OH is 1. The molecule has 0 amide bonds. The van der Waals surface area contributed by atoms with Crippen LogP contribution in [0, 0.1) is 23.7 Å². The summed E-state index contributed by atoms with van der Waals surface area (Å²) in [5.74, 6) is 1.15. The molecule has 0 rings (SSSR count). The van der Waals surface area contributed by atoms with E-state index < -0.39 is 97.5 Å². The number of hydrogen-bond acceptors (Lipinski definition) is 15. The van der Waals surface area contributed by atoms with Gasteiger partial charge < -0.3 is 33.8 Å². The first-order valence-electron chi connectivity index (χ1n) is 49.2. The quantitative estimate of drug-likeness (QED) is 0.0222. The maximum absolute atomic E-state index is 13.2. The highest BCUT2D eigenvalue weighted by molar-refractivity contribution is 7.47. The van der Waals surface area contributed by atoms with Gasteiger partial charge in [0.05, 0.1) is 26.4 Å². The van der Waals surface area contributed by atoms with Gasteiger partial charge in [-0.1, -0.05) is 460 Å². The second kappa shape index (κ2) is 84.3. The van der Waals surface area contributed by atoms with Crippen LogP contribution < -0.4 is 0 Å². The minimum atomic E-state index is -4.97. The van der Waals surface area contributed by atoms with Crippen molar-refractivity contribution in [2.24, 2.45) is 23.7 Å². The Morgan fingerprint density at radius 3 is 0.617 bits per heavy atom. The maximum atomic E-state index is 13.2. The Balaban J connectivity index is 5.24. The highest BCUT2D eigenvalue weighted by Crippen LogP contribution is 2.45. The summed E-state index contributed by atoms with van der Waals surface area (Å²) in [5.41, 5.74) is 0. The highest BCUT2D eigenvalue weighted by atomic mass is 31.2. The van der Waals surface area contributed by atoms with Gasteiger partial charge in [0.25, 0.3) is 0 Å². The van der Waals surface area contributed by atoms with Gasteiger partial charge in [-0.25, -0.2) is 9.13 Å². The molecule has 17 nitrogen and oxygen atoms in total. The van der Waals surface area contributed by atoms with E-state index in [9.17, 15) is 43.2 Å². The Kier molecular flexibility index (Phi) is 82.9. The van der Waals surface area contributed by atoms with Crippen molar-refractivity contribution < 1.29 is 80.2 Å². The number of phosphoric acid groups is 2. The molecule has 0 aromatic heterocycles. The molecule has 3 N–H and O–H groups in total. The molecule has 0 radical (unpaired) electrons. The van der Waals surface area contributed by atoms with Gasteiger partial charge in [-0.3, -0.25) is 37.3 Å². The SMILES string of the molecule is CCC(C)CCCCCCCCCCC(=O)OC[C@H](COP(=O)(O)OC[C@H](O)COP(=O)(O)OC[C@@H](COC(=O)CCCCCCCCCCCCCCCCCCCCC(C)C)OC(=O)CCCCCCCCCCCCCCCCCCCCC(C)C)OC(=O)CCCCCCCCCCCCCCCCCCCCC(C)C. The van der Waals surface area contributed by atoms with E-state index in [1.807, 2.05) is 0 Å². The van der Waals surface area contributed by atoms with Crippen LogP contribution in [-0.4, -0.2) is 96.7 Å². The maximum Gasteiger partial charge on any atom is 0.472 e. The standard InChI is InChI=1S/C96H188O17P2/c1-9-89(8)75-67-59-51-46-47-53-61-69-77-94(99)107-83-92(113-96(101)79-71-63-55-45-39-33-27-21-15-12-18-24-30-36-42-50-58-66-74-88(6)7)85-111-115(104,105)109-81-90(97)80-108-114(102,103)110-84-91(112-95(100)78-70-62-54-44-38-32-26-20-14-11-17-23-29-35-41-49-57-65-73-87(4)5)82-106-93(98)76-68-60-52-43-37-31-25-19-13-10-16-22-28-34-40-48-56-64-72-86(2)3/h86-92,97H,9-85H2,1-8H3,(H,102,103)(H,104,105)/t89?,90-,91-,92-/m1/s1. The molecule has 0 bridgehead atoms. The molecule has 19 heteroatoms. The number of esters is 4. The molecule has 0 spiro atoms. The van der Waals surface area contributed by atoms with E-state index in [-0.39, 0.29) is 25.7 Å². The van der Waals surface area contributed by atoms with Crippen molar-refractivity contribution in [2.75, 3.05) is 39.6 Å². The number of unbranched alkanes of at least 4 members (excludes halogenated alkanes) is 58. The van der Waals surface area contributed by atoms with Gasteiger partial charge in [0, 0.05) is 25.7 Å². The molecule has 0 saturated heterocycles. The minimum absolute atomic E-state index is 0.108. The molecule has 0 fully saturated rings. The average molecular weight is 1680 g/mol. The van der Waals surface area contributed by atoms with Gasteiger partial charge in [0.1, 0.15) is 19.3 Å². The topological polar surface area (TPSA) is 237 Å². The molecule has 0 aliphatic heterocycles. The second-order valence-electron chi connectivity index (χ2n) is 36.1. The number of aliphatic hydroxyl groups is 1. The normalized spacial score (nSPS) is 14.0. The van der Waals surface area contributed by atoms with Crippen LogP contribution >= 0.6 is 15.6 Å². The Morgan fingerprint density at radius 1 is 0.243 bits per heavy atom. The minimum Gasteiger partial charge on any atom is -0.462 e. The molecule has 6 atom stereocenters. The molecule has 0 aliphatic carbocycles. The van der Waals surface area contributed by atoms with Crippen molar-refractivity contribution in [3.05, 3.63) is 0 Å². The van der Waals surface area contributed by atoms with Crippen LogP contribution in [0.15, 0.2) is 0 Å². The Hall–Kier alpha value is -1.94. The highest BCUT2D eigenvalue weighted by Gasteiger charge is 2.31. The number of carbonyl (C=O) groups excluding carboxylic acids is 4. The summed E-state index contributed by atoms with van der Waals surface area (Å²) in [7, 11) is -9.95. The van der Waals surface area contributed by atoms with Gasteiger partial charge in [-0.15, -0.1) is 0 Å². The van der Waals surface area contributed by atoms with E-state index in [0.29, 0.717) is 25.7 Å². The molecule has 3 unspecified atom stereocenters. The van der Waals surface area contributed by atoms with Crippen LogP contribution in [0.5, 0.6) is 0 Å². The molecule has 0 saturated carbocycles. The van der Waals surface area contributed by atoms with Gasteiger partial charge in [0.2, 0.25) is 0 Å². The third-order valence-corrected chi connectivity index (χ3v) is 24.8. The monoisotopic (exact) mass is 1680 g/mol. The molecule has 0 aliphatic rings. The smallest absolute Gasteiger partial charge is 0.462 e. The van der Waals surface area contributed by atoms with Gasteiger partial charge >= 0.3 is 39.5 Å². The average Bonchev–Trinajstić information content (AvgIpc) is 0.898. The summed E-state index contributed by atoms with van der Waals surface area (Å²) in [5, 5.41) is 10.7. The Labute approximate surface area is 708 Å². The fourth-order valence-electron chi connectivity index (χ4n) is 15.1. The van der Waals surface area contributed by atoms with Gasteiger partial charge in [0.15, 0.2) is 12.2 Å². The van der Waals surface area contributed by atoms with Crippen molar-refractivity contribution in [2.45, 2.75) is 530 Å². The molecule has 0 aromatic carbocycles. The lowest BCUT2D eigenvalue weighted by atomic mass is 9.99. The molecular formula is C96H188O17P2. The van der Waals surface area contributed by atoms with E-state index in [1.165, 1.54) is 315 Å². The van der Waals surface area contributed by atoms with Crippen molar-refractivity contribution in [1.29, 1.82) is 0 Å². The third kappa shape index (κ3) is 88.2. The van der Waals surface area contributed by atoms with Crippen molar-refractivity contribution >= 4 is 39.5 Å². The van der Waals surface area contributed by atoms with Crippen molar-refractivity contribution in [1.82, 2.24) is 0 Å². The van der Waals surface area contributed by atoms with E-state index in [0.717, 1.165) is 114 Å². The molecule has 684 valence electrons. The number of phosphoric ester groups is 2. The summed E-state index contributed by atoms with van der Waals surface area (Å²) in [6, 6.07) is 0. The van der Waals surface area contributed by atoms with Crippen LogP contribution in [0.1, 0.15) is 511 Å². The first kappa shape index (κ1) is 113. The summed E-state index contributed by atoms with van der Waals surface area (Å²) in [6.45, 7) is 14.5. The first-order chi connectivity index (χ1) is 55.6. The van der Waals surface area contributed by atoms with Crippen molar-refractivity contribution in [3.8, 4) is 0 Å². The predicted molar refractivity (Wildman–Crippen MR) is 478 cm³/mol. The zero-order chi connectivity index (χ0) is 84.5. The van der Waals surface area contributed by atoms with E-state index >= 15 is 0 Å². The predicted octanol–water partition coefficient (Wildman–Crippen LogP) is 29.8. The first-order valence-corrected chi connectivity index (χ1v) is 52.2. The summed E-state index contributed by atoms with van der Waals surface area (Å²) in [6.07, 6.45) is 77.9. The van der Waals surface area contributed by atoms with Crippen LogP contribution in [0.3, 0.4) is 0 Å². The number of carbonyl (C=O) groups is 4. The molecule has 0 heterocycles. The summed E-state index contributed by atoms with van der Waals surface area (Å²) >= 11 is 0. The molecule has 0 aromatic rings. The molecular weight excluding hydrogens is 1490 g/mol. The summed E-state index contributed by atoms with van der Waals surface area (Å²) in [4.78, 5) is 73.6. The lowest BCUT2D eigenvalue weighted by Crippen LogP contribution is -2.30. The number of rotatable bonds is 93. The van der Waals surface area contributed by atoms with E-state index in [4.69, 9.17) is 37.0 Å².